The lowest BCUT2D eigenvalue weighted by molar-refractivity contribution is 0.346. The van der Waals surface area contributed by atoms with Crippen LogP contribution in [0.2, 0.25) is 0 Å². The van der Waals surface area contributed by atoms with E-state index in [1.54, 1.807) is 6.20 Å². The molecule has 2 rings (SSSR count). The fraction of sp³-hybridized carbons (Fsp3) is 0.667. The number of hydrogen-bond acceptors (Lipinski definition) is 4. The summed E-state index contributed by atoms with van der Waals surface area (Å²) in [6.45, 7) is 6.52. The van der Waals surface area contributed by atoms with Gasteiger partial charge >= 0.3 is 0 Å². The average Bonchev–Trinajstić information content (AvgIpc) is 2.30. The van der Waals surface area contributed by atoms with Crippen molar-refractivity contribution in [3.8, 4) is 0 Å². The van der Waals surface area contributed by atoms with Crippen LogP contribution in [-0.2, 0) is 0 Å². The van der Waals surface area contributed by atoms with Gasteiger partial charge in [0.05, 0.1) is 6.20 Å². The summed E-state index contributed by atoms with van der Waals surface area (Å²) in [4.78, 5) is 0. The Morgan fingerprint density at radius 3 is 3.12 bits per heavy atom. The van der Waals surface area contributed by atoms with Crippen LogP contribution in [0.25, 0.3) is 0 Å². The van der Waals surface area contributed by atoms with E-state index in [9.17, 15) is 0 Å². The van der Waals surface area contributed by atoms with E-state index >= 15 is 0 Å². The van der Waals surface area contributed by atoms with Gasteiger partial charge in [0.2, 0.25) is 0 Å². The maximum absolute atomic E-state index is 4.09. The third-order valence-corrected chi connectivity index (χ3v) is 3.21. The highest BCUT2D eigenvalue weighted by Gasteiger charge is 2.19. The summed E-state index contributed by atoms with van der Waals surface area (Å²) in [6.07, 6.45) is 4.34. The minimum atomic E-state index is 0.448. The summed E-state index contributed by atoms with van der Waals surface area (Å²) in [5.41, 5.74) is 1.14. The molecule has 0 radical (unpaired) electrons. The Morgan fingerprint density at radius 2 is 2.44 bits per heavy atom. The second kappa shape index (κ2) is 5.25. The molecule has 1 fully saturated rings. The van der Waals surface area contributed by atoms with Crippen LogP contribution in [0.15, 0.2) is 12.3 Å². The highest BCUT2D eigenvalue weighted by Crippen LogP contribution is 2.17. The van der Waals surface area contributed by atoms with Crippen LogP contribution in [0.1, 0.15) is 25.3 Å². The normalized spacial score (nSPS) is 22.8. The maximum atomic E-state index is 4.09. The van der Waals surface area contributed by atoms with Gasteiger partial charge in [0.1, 0.15) is 5.82 Å². The van der Waals surface area contributed by atoms with Gasteiger partial charge < -0.3 is 10.6 Å². The van der Waals surface area contributed by atoms with Gasteiger partial charge in [-0.15, -0.1) is 5.10 Å². The number of aryl methyl sites for hydroxylation is 1. The van der Waals surface area contributed by atoms with E-state index < -0.39 is 0 Å². The predicted molar refractivity (Wildman–Crippen MR) is 65.4 cm³/mol. The molecule has 88 valence electrons. The zero-order valence-electron chi connectivity index (χ0n) is 10.0. The fourth-order valence-corrected chi connectivity index (χ4v) is 2.19. The average molecular weight is 220 g/mol. The lowest BCUT2D eigenvalue weighted by Crippen LogP contribution is -2.38. The van der Waals surface area contributed by atoms with E-state index in [-0.39, 0.29) is 0 Å². The SMILES string of the molecule is Cc1cnnc(NC(C)C2CCCNC2)c1. The summed E-state index contributed by atoms with van der Waals surface area (Å²) in [5, 5.41) is 14.9. The van der Waals surface area contributed by atoms with Gasteiger partial charge in [-0.05, 0) is 57.3 Å². The molecule has 2 atom stereocenters. The van der Waals surface area contributed by atoms with Gasteiger partial charge in [0.15, 0.2) is 0 Å². The topological polar surface area (TPSA) is 49.8 Å². The lowest BCUT2D eigenvalue weighted by atomic mass is 9.93. The molecule has 1 aliphatic heterocycles. The van der Waals surface area contributed by atoms with Crippen molar-refractivity contribution in [3.63, 3.8) is 0 Å². The molecule has 2 heterocycles. The quantitative estimate of drug-likeness (QED) is 0.812. The number of aromatic nitrogens is 2. The molecule has 2 unspecified atom stereocenters. The highest BCUT2D eigenvalue weighted by atomic mass is 15.2. The lowest BCUT2D eigenvalue weighted by Gasteiger charge is -2.29. The van der Waals surface area contributed by atoms with Crippen molar-refractivity contribution in [1.82, 2.24) is 15.5 Å². The van der Waals surface area contributed by atoms with Crippen LogP contribution >= 0.6 is 0 Å². The standard InChI is InChI=1S/C12H20N4/c1-9-6-12(16-14-7-9)15-10(2)11-4-3-5-13-8-11/h6-7,10-11,13H,3-5,8H2,1-2H3,(H,15,16). The molecule has 1 aliphatic rings. The third kappa shape index (κ3) is 2.92. The van der Waals surface area contributed by atoms with Crippen LogP contribution in [0.4, 0.5) is 5.82 Å². The number of hydrogen-bond donors (Lipinski definition) is 2. The molecular weight excluding hydrogens is 200 g/mol. The monoisotopic (exact) mass is 220 g/mol. The molecule has 4 nitrogen and oxygen atoms in total. The van der Waals surface area contributed by atoms with Crippen molar-refractivity contribution < 1.29 is 0 Å². The molecule has 2 N–H and O–H groups in total. The van der Waals surface area contributed by atoms with Crippen molar-refractivity contribution in [2.45, 2.75) is 32.7 Å². The van der Waals surface area contributed by atoms with Crippen LogP contribution < -0.4 is 10.6 Å². The number of rotatable bonds is 3. The van der Waals surface area contributed by atoms with Crippen LogP contribution in [0.5, 0.6) is 0 Å². The zero-order chi connectivity index (χ0) is 11.4. The maximum Gasteiger partial charge on any atom is 0.149 e. The van der Waals surface area contributed by atoms with E-state index in [1.165, 1.54) is 12.8 Å². The summed E-state index contributed by atoms with van der Waals surface area (Å²) < 4.78 is 0. The smallest absolute Gasteiger partial charge is 0.149 e. The van der Waals surface area contributed by atoms with Crippen LogP contribution in [0.3, 0.4) is 0 Å². The summed E-state index contributed by atoms with van der Waals surface area (Å²) in [6, 6.07) is 2.49. The Labute approximate surface area is 96.9 Å². The van der Waals surface area contributed by atoms with Crippen molar-refractivity contribution in [2.75, 3.05) is 18.4 Å². The van der Waals surface area contributed by atoms with E-state index in [0.29, 0.717) is 12.0 Å². The summed E-state index contributed by atoms with van der Waals surface area (Å²) in [7, 11) is 0. The number of nitrogens with zero attached hydrogens (tertiary/aromatic N) is 2. The second-order valence-corrected chi connectivity index (χ2v) is 4.66. The molecule has 0 amide bonds. The van der Waals surface area contributed by atoms with Gasteiger partial charge in [0.25, 0.3) is 0 Å². The van der Waals surface area contributed by atoms with Gasteiger partial charge in [-0.25, -0.2) is 0 Å². The van der Waals surface area contributed by atoms with Crippen LogP contribution in [-0.4, -0.2) is 29.3 Å². The molecule has 16 heavy (non-hydrogen) atoms. The summed E-state index contributed by atoms with van der Waals surface area (Å²) in [5.74, 6) is 1.58. The molecule has 4 heteroatoms. The zero-order valence-corrected chi connectivity index (χ0v) is 10.0. The van der Waals surface area contributed by atoms with Gasteiger partial charge in [-0.1, -0.05) is 0 Å². The van der Waals surface area contributed by atoms with Crippen molar-refractivity contribution in [3.05, 3.63) is 17.8 Å². The molecule has 0 aromatic carbocycles. The van der Waals surface area contributed by atoms with Crippen molar-refractivity contribution in [2.24, 2.45) is 5.92 Å². The minimum absolute atomic E-state index is 0.448. The Bertz CT molecular complexity index is 334. The Morgan fingerprint density at radius 1 is 1.56 bits per heavy atom. The molecule has 1 aromatic heterocycles. The van der Waals surface area contributed by atoms with Crippen molar-refractivity contribution >= 4 is 5.82 Å². The van der Waals surface area contributed by atoms with E-state index in [0.717, 1.165) is 24.5 Å². The Hall–Kier alpha value is -1.16. The number of nitrogens with one attached hydrogen (secondary N) is 2. The first kappa shape index (κ1) is 11.3. The number of piperidine rings is 1. The van der Waals surface area contributed by atoms with Crippen molar-refractivity contribution in [1.29, 1.82) is 0 Å². The van der Waals surface area contributed by atoms with Gasteiger partial charge in [0, 0.05) is 6.04 Å². The molecule has 0 bridgehead atoms. The number of anilines is 1. The van der Waals surface area contributed by atoms with Gasteiger partial charge in [-0.3, -0.25) is 0 Å². The molecular formula is C12H20N4. The van der Waals surface area contributed by atoms with E-state index in [1.807, 2.05) is 13.0 Å². The molecule has 1 aromatic rings. The second-order valence-electron chi connectivity index (χ2n) is 4.66. The van der Waals surface area contributed by atoms with E-state index in [4.69, 9.17) is 0 Å². The molecule has 0 spiro atoms. The fourth-order valence-electron chi connectivity index (χ4n) is 2.19. The van der Waals surface area contributed by atoms with Crippen LogP contribution in [0, 0.1) is 12.8 Å². The predicted octanol–water partition coefficient (Wildman–Crippen LogP) is 1.59. The molecule has 0 aliphatic carbocycles. The minimum Gasteiger partial charge on any atom is -0.366 e. The molecule has 0 saturated carbocycles. The Balaban J connectivity index is 1.93. The van der Waals surface area contributed by atoms with Gasteiger partial charge in [-0.2, -0.15) is 5.10 Å². The first-order valence-electron chi connectivity index (χ1n) is 6.02. The first-order chi connectivity index (χ1) is 7.75. The summed E-state index contributed by atoms with van der Waals surface area (Å²) >= 11 is 0. The third-order valence-electron chi connectivity index (χ3n) is 3.21. The largest absolute Gasteiger partial charge is 0.366 e. The highest BCUT2D eigenvalue weighted by molar-refractivity contribution is 5.36. The van der Waals surface area contributed by atoms with E-state index in [2.05, 4.69) is 27.8 Å². The first-order valence-corrected chi connectivity index (χ1v) is 6.02. The molecule has 1 saturated heterocycles. The Kier molecular flexibility index (Phi) is 3.72.